The van der Waals surface area contributed by atoms with Crippen molar-refractivity contribution in [3.8, 4) is 0 Å². The van der Waals surface area contributed by atoms with Gasteiger partial charge in [0.15, 0.2) is 5.78 Å². The minimum Gasteiger partial charge on any atom is -0.289 e. The largest absolute Gasteiger partial charge is 0.289 e. The molecular formula is C14H10Br2O. The Balaban J connectivity index is 2.44. The topological polar surface area (TPSA) is 17.1 Å². The summed E-state index contributed by atoms with van der Waals surface area (Å²) in [6.45, 7) is 1.98. The summed E-state index contributed by atoms with van der Waals surface area (Å²) in [6, 6.07) is 13.2. The van der Waals surface area contributed by atoms with Crippen molar-refractivity contribution in [1.82, 2.24) is 0 Å². The molecule has 0 aromatic heterocycles. The highest BCUT2D eigenvalue weighted by Gasteiger charge is 2.12. The van der Waals surface area contributed by atoms with E-state index in [2.05, 4.69) is 31.9 Å². The standard InChI is InChI=1S/C14H10Br2O/c1-9-3-2-4-10(7-9)14(17)12-6-5-11(15)8-13(12)16/h2-8H,1H3. The molecule has 0 spiro atoms. The molecule has 0 N–H and O–H groups in total. The van der Waals surface area contributed by atoms with Gasteiger partial charge in [0.05, 0.1) is 0 Å². The van der Waals surface area contributed by atoms with Crippen molar-refractivity contribution in [2.45, 2.75) is 6.92 Å². The minimum absolute atomic E-state index is 0.0353. The third-order valence-corrected chi connectivity index (χ3v) is 3.61. The van der Waals surface area contributed by atoms with Crippen molar-refractivity contribution >= 4 is 37.6 Å². The van der Waals surface area contributed by atoms with Crippen LogP contribution in [0.15, 0.2) is 51.4 Å². The van der Waals surface area contributed by atoms with Crippen LogP contribution in [0, 0.1) is 6.92 Å². The molecule has 0 saturated carbocycles. The van der Waals surface area contributed by atoms with Crippen LogP contribution in [0.4, 0.5) is 0 Å². The van der Waals surface area contributed by atoms with Crippen molar-refractivity contribution in [3.63, 3.8) is 0 Å². The van der Waals surface area contributed by atoms with Crippen molar-refractivity contribution in [3.05, 3.63) is 68.1 Å². The summed E-state index contributed by atoms with van der Waals surface area (Å²) in [6.07, 6.45) is 0. The summed E-state index contributed by atoms with van der Waals surface area (Å²) in [7, 11) is 0. The Morgan fingerprint density at radius 2 is 1.82 bits per heavy atom. The molecule has 0 aliphatic rings. The number of carbonyl (C=O) groups excluding carboxylic acids is 1. The van der Waals surface area contributed by atoms with Gasteiger partial charge < -0.3 is 0 Å². The summed E-state index contributed by atoms with van der Waals surface area (Å²) < 4.78 is 1.75. The molecule has 17 heavy (non-hydrogen) atoms. The average Bonchev–Trinajstić information content (AvgIpc) is 2.28. The lowest BCUT2D eigenvalue weighted by molar-refractivity contribution is 0.103. The molecular weight excluding hydrogens is 344 g/mol. The van der Waals surface area contributed by atoms with Gasteiger partial charge in [-0.25, -0.2) is 0 Å². The Hall–Kier alpha value is -0.930. The Kier molecular flexibility index (Phi) is 3.79. The highest BCUT2D eigenvalue weighted by Crippen LogP contribution is 2.24. The maximum absolute atomic E-state index is 12.3. The molecule has 2 aromatic rings. The first-order valence-corrected chi connectivity index (χ1v) is 6.73. The second-order valence-electron chi connectivity index (χ2n) is 3.82. The molecule has 0 aliphatic heterocycles. The Morgan fingerprint density at radius 1 is 1.06 bits per heavy atom. The SMILES string of the molecule is Cc1cccc(C(=O)c2ccc(Br)cc2Br)c1. The van der Waals surface area contributed by atoms with E-state index in [-0.39, 0.29) is 5.78 Å². The summed E-state index contributed by atoms with van der Waals surface area (Å²) in [5.74, 6) is 0.0353. The van der Waals surface area contributed by atoms with Crippen LogP contribution in [0.1, 0.15) is 21.5 Å². The predicted octanol–water partition coefficient (Wildman–Crippen LogP) is 4.75. The minimum atomic E-state index is 0.0353. The van der Waals surface area contributed by atoms with Crippen LogP contribution in [0.25, 0.3) is 0 Å². The van der Waals surface area contributed by atoms with Gasteiger partial charge in [0, 0.05) is 20.1 Å². The van der Waals surface area contributed by atoms with E-state index in [9.17, 15) is 4.79 Å². The third-order valence-electron chi connectivity index (χ3n) is 2.46. The number of carbonyl (C=O) groups is 1. The lowest BCUT2D eigenvalue weighted by Gasteiger charge is -2.05. The predicted molar refractivity (Wildman–Crippen MR) is 76.5 cm³/mol. The van der Waals surface area contributed by atoms with Crippen LogP contribution in [0.3, 0.4) is 0 Å². The van der Waals surface area contributed by atoms with Gasteiger partial charge >= 0.3 is 0 Å². The fourth-order valence-electron chi connectivity index (χ4n) is 1.62. The summed E-state index contributed by atoms with van der Waals surface area (Å²) >= 11 is 6.78. The van der Waals surface area contributed by atoms with E-state index in [1.165, 1.54) is 0 Å². The number of hydrogen-bond acceptors (Lipinski definition) is 1. The van der Waals surface area contributed by atoms with Gasteiger partial charge in [-0.3, -0.25) is 4.79 Å². The first kappa shape index (κ1) is 12.5. The Labute approximate surface area is 117 Å². The average molecular weight is 354 g/mol. The molecule has 0 heterocycles. The fraction of sp³-hybridized carbons (Fsp3) is 0.0714. The quantitative estimate of drug-likeness (QED) is 0.712. The molecule has 0 radical (unpaired) electrons. The van der Waals surface area contributed by atoms with E-state index in [1.807, 2.05) is 49.4 Å². The summed E-state index contributed by atoms with van der Waals surface area (Å²) in [5.41, 5.74) is 2.48. The lowest BCUT2D eigenvalue weighted by atomic mass is 10.0. The van der Waals surface area contributed by atoms with Crippen LogP contribution in [-0.4, -0.2) is 5.78 Å². The number of ketones is 1. The maximum atomic E-state index is 12.3. The van der Waals surface area contributed by atoms with Gasteiger partial charge in [0.2, 0.25) is 0 Å². The number of hydrogen-bond donors (Lipinski definition) is 0. The van der Waals surface area contributed by atoms with E-state index in [4.69, 9.17) is 0 Å². The summed E-state index contributed by atoms with van der Waals surface area (Å²) in [4.78, 5) is 12.3. The highest BCUT2D eigenvalue weighted by molar-refractivity contribution is 9.11. The highest BCUT2D eigenvalue weighted by atomic mass is 79.9. The second kappa shape index (κ2) is 5.15. The lowest BCUT2D eigenvalue weighted by Crippen LogP contribution is -2.02. The fourth-order valence-corrected chi connectivity index (χ4v) is 2.84. The van der Waals surface area contributed by atoms with Gasteiger partial charge in [-0.2, -0.15) is 0 Å². The van der Waals surface area contributed by atoms with Gasteiger partial charge in [0.1, 0.15) is 0 Å². The van der Waals surface area contributed by atoms with E-state index >= 15 is 0 Å². The molecule has 0 fully saturated rings. The first-order valence-electron chi connectivity index (χ1n) is 5.14. The molecule has 1 nitrogen and oxygen atoms in total. The van der Waals surface area contributed by atoms with Gasteiger partial charge in [-0.15, -0.1) is 0 Å². The van der Waals surface area contributed by atoms with E-state index in [0.29, 0.717) is 11.1 Å². The first-order chi connectivity index (χ1) is 8.08. The van der Waals surface area contributed by atoms with Gasteiger partial charge in [0.25, 0.3) is 0 Å². The maximum Gasteiger partial charge on any atom is 0.194 e. The van der Waals surface area contributed by atoms with Gasteiger partial charge in [-0.1, -0.05) is 39.7 Å². The van der Waals surface area contributed by atoms with Crippen LogP contribution in [0.5, 0.6) is 0 Å². The molecule has 0 amide bonds. The Bertz CT molecular complexity index is 576. The van der Waals surface area contributed by atoms with Crippen LogP contribution in [0.2, 0.25) is 0 Å². The zero-order valence-electron chi connectivity index (χ0n) is 9.21. The number of aryl methyl sites for hydroxylation is 1. The van der Waals surface area contributed by atoms with Crippen LogP contribution < -0.4 is 0 Å². The normalized spacial score (nSPS) is 10.3. The summed E-state index contributed by atoms with van der Waals surface area (Å²) in [5, 5.41) is 0. The molecule has 2 aromatic carbocycles. The Morgan fingerprint density at radius 3 is 2.47 bits per heavy atom. The molecule has 0 saturated heterocycles. The second-order valence-corrected chi connectivity index (χ2v) is 5.59. The number of rotatable bonds is 2. The van der Waals surface area contributed by atoms with Crippen LogP contribution in [-0.2, 0) is 0 Å². The molecule has 2 rings (SSSR count). The number of benzene rings is 2. The molecule has 86 valence electrons. The van der Waals surface area contributed by atoms with Crippen molar-refractivity contribution in [2.24, 2.45) is 0 Å². The van der Waals surface area contributed by atoms with Crippen molar-refractivity contribution in [2.75, 3.05) is 0 Å². The zero-order chi connectivity index (χ0) is 12.4. The van der Waals surface area contributed by atoms with E-state index < -0.39 is 0 Å². The monoisotopic (exact) mass is 352 g/mol. The molecule has 3 heteroatoms. The molecule has 0 atom stereocenters. The molecule has 0 unspecified atom stereocenters. The number of halogens is 2. The van der Waals surface area contributed by atoms with Crippen LogP contribution >= 0.6 is 31.9 Å². The van der Waals surface area contributed by atoms with E-state index in [0.717, 1.165) is 14.5 Å². The van der Waals surface area contributed by atoms with E-state index in [1.54, 1.807) is 0 Å². The smallest absolute Gasteiger partial charge is 0.194 e. The zero-order valence-corrected chi connectivity index (χ0v) is 12.4. The van der Waals surface area contributed by atoms with Crippen molar-refractivity contribution < 1.29 is 4.79 Å². The molecule has 0 bridgehead atoms. The third kappa shape index (κ3) is 2.85. The van der Waals surface area contributed by atoms with Gasteiger partial charge in [-0.05, 0) is 47.1 Å². The van der Waals surface area contributed by atoms with Crippen molar-refractivity contribution in [1.29, 1.82) is 0 Å². The molecule has 0 aliphatic carbocycles.